The quantitative estimate of drug-likeness (QED) is 0.896. The smallest absolute Gasteiger partial charge is 0.136 e. The van der Waals surface area contributed by atoms with E-state index in [1.165, 1.54) is 30.5 Å². The molecule has 134 valence electrons. The Morgan fingerprint density at radius 2 is 2.08 bits per heavy atom. The van der Waals surface area contributed by atoms with Crippen LogP contribution in [0.15, 0.2) is 18.2 Å². The Morgan fingerprint density at radius 3 is 2.84 bits per heavy atom. The Bertz CT molecular complexity index is 725. The first-order chi connectivity index (χ1) is 12.0. The molecule has 5 rings (SSSR count). The van der Waals surface area contributed by atoms with Crippen LogP contribution in [0.2, 0.25) is 0 Å². The van der Waals surface area contributed by atoms with Gasteiger partial charge in [-0.25, -0.2) is 0 Å². The molecule has 1 saturated heterocycles. The van der Waals surface area contributed by atoms with Crippen LogP contribution >= 0.6 is 0 Å². The van der Waals surface area contributed by atoms with Crippen molar-refractivity contribution in [3.63, 3.8) is 0 Å². The molecule has 2 saturated carbocycles. The predicted octanol–water partition coefficient (Wildman–Crippen LogP) is 3.53. The van der Waals surface area contributed by atoms with Crippen molar-refractivity contribution in [3.05, 3.63) is 29.3 Å². The van der Waals surface area contributed by atoms with Crippen molar-refractivity contribution in [1.82, 2.24) is 4.90 Å². The number of benzene rings is 1. The van der Waals surface area contributed by atoms with Crippen molar-refractivity contribution in [2.75, 3.05) is 13.1 Å². The summed E-state index contributed by atoms with van der Waals surface area (Å²) >= 11 is 0. The van der Waals surface area contributed by atoms with Crippen LogP contribution < -0.4 is 0 Å². The molecule has 0 spiro atoms. The number of hydrogen-bond acceptors (Lipinski definition) is 3. The van der Waals surface area contributed by atoms with Crippen LogP contribution in [0.3, 0.4) is 0 Å². The standard InChI is InChI=1S/C22H29NO2/c1-13-14(2)21-19-9-16-5-6-17(24)10-18(16)22(21,11-20(13)25)7-8-23(19)12-15-3-4-15/h5-6,10,13-15,19,21,24H,3-4,7-9,11-12H2,1-2H3/t13-,14+,19+,21-,22+/m0/s1. The highest BCUT2D eigenvalue weighted by molar-refractivity contribution is 5.84. The predicted molar refractivity (Wildman–Crippen MR) is 97.6 cm³/mol. The zero-order chi connectivity index (χ0) is 17.3. The number of carbonyl (C=O) groups is 1. The summed E-state index contributed by atoms with van der Waals surface area (Å²) in [6.07, 6.45) is 5.62. The zero-order valence-electron chi connectivity index (χ0n) is 15.4. The van der Waals surface area contributed by atoms with Gasteiger partial charge in [0, 0.05) is 30.3 Å². The minimum atomic E-state index is -0.0416. The highest BCUT2D eigenvalue weighted by Crippen LogP contribution is 2.58. The molecule has 0 aromatic heterocycles. The van der Waals surface area contributed by atoms with E-state index in [4.69, 9.17) is 0 Å². The number of rotatable bonds is 2. The van der Waals surface area contributed by atoms with E-state index in [-0.39, 0.29) is 11.3 Å². The average molecular weight is 339 g/mol. The van der Waals surface area contributed by atoms with Gasteiger partial charge in [-0.15, -0.1) is 0 Å². The lowest BCUT2D eigenvalue weighted by atomic mass is 9.47. The first-order valence-corrected chi connectivity index (χ1v) is 10.1. The van der Waals surface area contributed by atoms with E-state index in [2.05, 4.69) is 24.8 Å². The van der Waals surface area contributed by atoms with E-state index in [0.717, 1.165) is 25.3 Å². The van der Waals surface area contributed by atoms with Gasteiger partial charge in [0.05, 0.1) is 0 Å². The lowest BCUT2D eigenvalue weighted by Gasteiger charge is -2.61. The largest absolute Gasteiger partial charge is 0.508 e. The van der Waals surface area contributed by atoms with Gasteiger partial charge in [0.15, 0.2) is 0 Å². The van der Waals surface area contributed by atoms with Crippen LogP contribution in [0.25, 0.3) is 0 Å². The molecule has 3 fully saturated rings. The third-order valence-corrected chi connectivity index (χ3v) is 7.97. The normalized spacial score (nSPS) is 40.5. The number of Topliss-reactive ketones (excluding diaryl/α,β-unsaturated/α-hetero) is 1. The maximum Gasteiger partial charge on any atom is 0.136 e. The van der Waals surface area contributed by atoms with E-state index >= 15 is 0 Å². The van der Waals surface area contributed by atoms with Crippen molar-refractivity contribution in [1.29, 1.82) is 0 Å². The van der Waals surface area contributed by atoms with E-state index < -0.39 is 0 Å². The Labute approximate surface area is 150 Å². The molecule has 1 aromatic rings. The fraction of sp³-hybridized carbons (Fsp3) is 0.682. The highest BCUT2D eigenvalue weighted by atomic mass is 16.3. The number of aromatic hydroxyl groups is 1. The van der Waals surface area contributed by atoms with Crippen molar-refractivity contribution in [2.45, 2.75) is 57.4 Å². The monoisotopic (exact) mass is 339 g/mol. The van der Waals surface area contributed by atoms with Crippen molar-refractivity contribution in [3.8, 4) is 5.75 Å². The second-order valence-electron chi connectivity index (χ2n) is 9.27. The first-order valence-electron chi connectivity index (χ1n) is 10.1. The van der Waals surface area contributed by atoms with E-state index in [0.29, 0.717) is 35.8 Å². The van der Waals surface area contributed by atoms with Gasteiger partial charge in [-0.2, -0.15) is 0 Å². The zero-order valence-corrected chi connectivity index (χ0v) is 15.4. The summed E-state index contributed by atoms with van der Waals surface area (Å²) in [6, 6.07) is 6.49. The van der Waals surface area contributed by atoms with Crippen molar-refractivity contribution < 1.29 is 9.90 Å². The summed E-state index contributed by atoms with van der Waals surface area (Å²) in [4.78, 5) is 15.6. The highest BCUT2D eigenvalue weighted by Gasteiger charge is 2.59. The molecule has 3 heteroatoms. The molecule has 3 aliphatic carbocycles. The summed E-state index contributed by atoms with van der Waals surface area (Å²) in [5.74, 6) is 2.82. The molecule has 25 heavy (non-hydrogen) atoms. The lowest BCUT2D eigenvalue weighted by Crippen LogP contribution is -2.65. The van der Waals surface area contributed by atoms with E-state index in [9.17, 15) is 9.90 Å². The Kier molecular flexibility index (Phi) is 3.38. The number of phenolic OH excluding ortho intramolecular Hbond substituents is 1. The third kappa shape index (κ3) is 2.24. The van der Waals surface area contributed by atoms with Gasteiger partial charge in [-0.05, 0) is 73.2 Å². The molecular formula is C22H29NO2. The number of ketones is 1. The molecule has 1 aromatic carbocycles. The van der Waals surface area contributed by atoms with Gasteiger partial charge >= 0.3 is 0 Å². The van der Waals surface area contributed by atoms with Crippen LogP contribution in [0.5, 0.6) is 5.75 Å². The maximum absolute atomic E-state index is 12.8. The minimum Gasteiger partial charge on any atom is -0.508 e. The van der Waals surface area contributed by atoms with Gasteiger partial charge in [0.25, 0.3) is 0 Å². The SMILES string of the molecule is C[C@H]1[C@H]2[C@H]3Cc4ccc(O)cc4[C@@]2(CCN3CC2CC2)CC(=O)[C@H]1C. The fourth-order valence-corrected chi connectivity index (χ4v) is 6.36. The first kappa shape index (κ1) is 15.9. The number of hydrogen-bond donors (Lipinski definition) is 1. The second kappa shape index (κ2) is 5.33. The van der Waals surface area contributed by atoms with Crippen LogP contribution in [-0.2, 0) is 16.6 Å². The molecule has 0 amide bonds. The molecular weight excluding hydrogens is 310 g/mol. The molecule has 2 bridgehead atoms. The minimum absolute atomic E-state index is 0.0416. The summed E-state index contributed by atoms with van der Waals surface area (Å²) in [7, 11) is 0. The number of phenols is 1. The van der Waals surface area contributed by atoms with Crippen LogP contribution in [0.1, 0.15) is 50.7 Å². The molecule has 3 nitrogen and oxygen atoms in total. The van der Waals surface area contributed by atoms with E-state index in [1.54, 1.807) is 0 Å². The Morgan fingerprint density at radius 1 is 1.28 bits per heavy atom. The molecule has 5 atom stereocenters. The number of likely N-dealkylation sites (tertiary alicyclic amines) is 1. The van der Waals surface area contributed by atoms with Gasteiger partial charge < -0.3 is 5.11 Å². The van der Waals surface area contributed by atoms with Gasteiger partial charge in [-0.3, -0.25) is 9.69 Å². The van der Waals surface area contributed by atoms with Gasteiger partial charge in [-0.1, -0.05) is 19.9 Å². The Hall–Kier alpha value is -1.35. The number of carbonyl (C=O) groups excluding carboxylic acids is 1. The average Bonchev–Trinajstić information content (AvgIpc) is 3.40. The topological polar surface area (TPSA) is 40.5 Å². The van der Waals surface area contributed by atoms with Crippen LogP contribution in [0.4, 0.5) is 0 Å². The summed E-state index contributed by atoms with van der Waals surface area (Å²) < 4.78 is 0. The third-order valence-electron chi connectivity index (χ3n) is 7.97. The van der Waals surface area contributed by atoms with E-state index in [1.807, 2.05) is 12.1 Å². The van der Waals surface area contributed by atoms with Gasteiger partial charge in [0.2, 0.25) is 0 Å². The van der Waals surface area contributed by atoms with Gasteiger partial charge in [0.1, 0.15) is 11.5 Å². The summed E-state index contributed by atoms with van der Waals surface area (Å²) in [5.41, 5.74) is 2.61. The molecule has 1 aliphatic heterocycles. The molecule has 1 N–H and O–H groups in total. The van der Waals surface area contributed by atoms with Crippen LogP contribution in [0, 0.1) is 23.7 Å². The number of nitrogens with zero attached hydrogens (tertiary/aromatic N) is 1. The summed E-state index contributed by atoms with van der Waals surface area (Å²) in [6.45, 7) is 6.81. The second-order valence-corrected chi connectivity index (χ2v) is 9.27. The Balaban J connectivity index is 1.64. The molecule has 0 unspecified atom stereocenters. The lowest BCUT2D eigenvalue weighted by molar-refractivity contribution is -0.138. The number of piperidine rings is 1. The molecule has 1 heterocycles. The van der Waals surface area contributed by atoms with Crippen LogP contribution in [-0.4, -0.2) is 34.9 Å². The maximum atomic E-state index is 12.8. The van der Waals surface area contributed by atoms with Crippen molar-refractivity contribution in [2.24, 2.45) is 23.7 Å². The van der Waals surface area contributed by atoms with Crippen molar-refractivity contribution >= 4 is 5.78 Å². The number of fused-ring (bicyclic) bond motifs is 1. The molecule has 0 radical (unpaired) electrons. The fourth-order valence-electron chi connectivity index (χ4n) is 6.36. The molecule has 4 aliphatic rings. The summed E-state index contributed by atoms with van der Waals surface area (Å²) in [5, 5.41) is 10.1.